The molecule has 17 heavy (non-hydrogen) atoms. The number of hydrogen-bond donors (Lipinski definition) is 2. The summed E-state index contributed by atoms with van der Waals surface area (Å²) in [6.45, 7) is 0.504. The van der Waals surface area contributed by atoms with Crippen molar-refractivity contribution in [1.29, 1.82) is 10.5 Å². The van der Waals surface area contributed by atoms with Crippen LogP contribution in [-0.4, -0.2) is 29.6 Å². The summed E-state index contributed by atoms with van der Waals surface area (Å²) in [5.41, 5.74) is 6.90. The standard InChI is InChI=1S/C12H14N4O/c13-5-7-16(8-6-14)9-12(17)10-1-3-11(15)4-2-10/h1-4,12,17H,7-9,15H2. The molecule has 0 aliphatic rings. The second-order valence-electron chi connectivity index (χ2n) is 3.67. The topological polar surface area (TPSA) is 97.1 Å². The molecule has 1 aromatic carbocycles. The first-order valence-corrected chi connectivity index (χ1v) is 5.17. The predicted octanol–water partition coefficient (Wildman–Crippen LogP) is 0.651. The summed E-state index contributed by atoms with van der Waals surface area (Å²) in [6.07, 6.45) is -0.725. The summed E-state index contributed by atoms with van der Waals surface area (Å²) < 4.78 is 0. The van der Waals surface area contributed by atoms with E-state index in [0.717, 1.165) is 5.56 Å². The van der Waals surface area contributed by atoms with Crippen molar-refractivity contribution in [1.82, 2.24) is 4.90 Å². The Kier molecular flexibility index (Phi) is 4.96. The number of hydrogen-bond acceptors (Lipinski definition) is 5. The van der Waals surface area contributed by atoms with Crippen LogP contribution < -0.4 is 5.73 Å². The second-order valence-corrected chi connectivity index (χ2v) is 3.67. The van der Waals surface area contributed by atoms with E-state index in [2.05, 4.69) is 0 Å². The van der Waals surface area contributed by atoms with Crippen molar-refractivity contribution in [3.8, 4) is 12.1 Å². The van der Waals surface area contributed by atoms with Crippen molar-refractivity contribution < 1.29 is 5.11 Å². The molecule has 0 heterocycles. The Bertz CT molecular complexity index is 413. The molecule has 1 unspecified atom stereocenters. The van der Waals surface area contributed by atoms with Crippen LogP contribution in [0.3, 0.4) is 0 Å². The molecule has 1 atom stereocenters. The van der Waals surface area contributed by atoms with Crippen LogP contribution in [0.4, 0.5) is 5.69 Å². The molecule has 3 N–H and O–H groups in total. The van der Waals surface area contributed by atoms with Gasteiger partial charge < -0.3 is 10.8 Å². The van der Waals surface area contributed by atoms with Gasteiger partial charge in [-0.1, -0.05) is 12.1 Å². The van der Waals surface area contributed by atoms with Crippen molar-refractivity contribution in [2.45, 2.75) is 6.10 Å². The quantitative estimate of drug-likeness (QED) is 0.571. The predicted molar refractivity (Wildman–Crippen MR) is 63.5 cm³/mol. The van der Waals surface area contributed by atoms with Gasteiger partial charge >= 0.3 is 0 Å². The van der Waals surface area contributed by atoms with E-state index in [1.54, 1.807) is 29.2 Å². The molecular weight excluding hydrogens is 216 g/mol. The van der Waals surface area contributed by atoms with E-state index in [4.69, 9.17) is 16.3 Å². The fourth-order valence-corrected chi connectivity index (χ4v) is 1.45. The molecule has 1 rings (SSSR count). The number of nitrogen functional groups attached to an aromatic ring is 1. The molecule has 0 aliphatic heterocycles. The highest BCUT2D eigenvalue weighted by molar-refractivity contribution is 5.39. The number of aliphatic hydroxyl groups excluding tert-OH is 1. The Hall–Kier alpha value is -2.08. The molecule has 0 saturated heterocycles. The molecular formula is C12H14N4O. The Balaban J connectivity index is 2.64. The summed E-state index contributed by atoms with van der Waals surface area (Å²) in [5.74, 6) is 0. The normalized spacial score (nSPS) is 11.8. The van der Waals surface area contributed by atoms with Gasteiger partial charge in [-0.05, 0) is 17.7 Å². The number of aliphatic hydroxyl groups is 1. The highest BCUT2D eigenvalue weighted by atomic mass is 16.3. The first-order chi connectivity index (χ1) is 8.17. The van der Waals surface area contributed by atoms with E-state index < -0.39 is 6.10 Å². The second kappa shape index (κ2) is 6.49. The maximum Gasteiger partial charge on any atom is 0.0917 e. The molecule has 5 nitrogen and oxygen atoms in total. The summed E-state index contributed by atoms with van der Waals surface area (Å²) in [4.78, 5) is 1.58. The zero-order valence-corrected chi connectivity index (χ0v) is 9.37. The van der Waals surface area contributed by atoms with Crippen LogP contribution in [0.2, 0.25) is 0 Å². The molecule has 0 aliphatic carbocycles. The van der Waals surface area contributed by atoms with Gasteiger partial charge in [-0.2, -0.15) is 10.5 Å². The molecule has 0 radical (unpaired) electrons. The van der Waals surface area contributed by atoms with Crippen LogP contribution in [0.5, 0.6) is 0 Å². The average Bonchev–Trinajstić information content (AvgIpc) is 2.30. The average molecular weight is 230 g/mol. The van der Waals surface area contributed by atoms with Crippen LogP contribution in [0.1, 0.15) is 11.7 Å². The molecule has 0 bridgehead atoms. The lowest BCUT2D eigenvalue weighted by molar-refractivity contribution is 0.127. The third-order valence-electron chi connectivity index (χ3n) is 2.34. The third-order valence-corrected chi connectivity index (χ3v) is 2.34. The molecule has 0 fully saturated rings. The number of nitrogens with zero attached hydrogens (tertiary/aromatic N) is 3. The van der Waals surface area contributed by atoms with Gasteiger partial charge in [0, 0.05) is 12.2 Å². The molecule has 0 aromatic heterocycles. The lowest BCUT2D eigenvalue weighted by atomic mass is 10.1. The van der Waals surface area contributed by atoms with Crippen LogP contribution in [0.15, 0.2) is 24.3 Å². The van der Waals surface area contributed by atoms with E-state index >= 15 is 0 Å². The van der Waals surface area contributed by atoms with Gasteiger partial charge in [-0.3, -0.25) is 4.90 Å². The highest BCUT2D eigenvalue weighted by Crippen LogP contribution is 2.15. The van der Waals surface area contributed by atoms with E-state index in [1.807, 2.05) is 12.1 Å². The first-order valence-electron chi connectivity index (χ1n) is 5.17. The van der Waals surface area contributed by atoms with Gasteiger partial charge in [-0.15, -0.1) is 0 Å². The number of rotatable bonds is 5. The number of benzene rings is 1. The fraction of sp³-hybridized carbons (Fsp3) is 0.333. The summed E-state index contributed by atoms with van der Waals surface area (Å²) in [6, 6.07) is 10.8. The molecule has 5 heteroatoms. The minimum absolute atomic E-state index is 0.125. The van der Waals surface area contributed by atoms with Crippen LogP contribution in [0, 0.1) is 22.7 Å². The monoisotopic (exact) mass is 230 g/mol. The molecule has 1 aromatic rings. The summed E-state index contributed by atoms with van der Waals surface area (Å²) in [5, 5.41) is 27.1. The first kappa shape index (κ1) is 13.0. The van der Waals surface area contributed by atoms with E-state index in [1.165, 1.54) is 0 Å². The van der Waals surface area contributed by atoms with Crippen LogP contribution in [-0.2, 0) is 0 Å². The van der Waals surface area contributed by atoms with Crippen molar-refractivity contribution in [2.75, 3.05) is 25.4 Å². The Morgan fingerprint density at radius 1 is 1.18 bits per heavy atom. The molecule has 88 valence electrons. The zero-order chi connectivity index (χ0) is 12.7. The lowest BCUT2D eigenvalue weighted by Crippen LogP contribution is -2.29. The van der Waals surface area contributed by atoms with E-state index in [9.17, 15) is 5.11 Å². The van der Waals surface area contributed by atoms with Gasteiger partial charge in [-0.25, -0.2) is 0 Å². The van der Waals surface area contributed by atoms with Crippen molar-refractivity contribution in [3.63, 3.8) is 0 Å². The molecule has 0 amide bonds. The number of nitriles is 2. The Labute approximate surface area is 100 Å². The highest BCUT2D eigenvalue weighted by Gasteiger charge is 2.12. The SMILES string of the molecule is N#CCN(CC#N)CC(O)c1ccc(N)cc1. The van der Waals surface area contributed by atoms with Gasteiger partial charge in [0.15, 0.2) is 0 Å². The van der Waals surface area contributed by atoms with Gasteiger partial charge in [0.05, 0.1) is 31.3 Å². The minimum Gasteiger partial charge on any atom is -0.399 e. The van der Waals surface area contributed by atoms with E-state index in [-0.39, 0.29) is 19.6 Å². The fourth-order valence-electron chi connectivity index (χ4n) is 1.45. The Morgan fingerprint density at radius 2 is 1.71 bits per heavy atom. The van der Waals surface area contributed by atoms with Gasteiger partial charge in [0.25, 0.3) is 0 Å². The van der Waals surface area contributed by atoms with Crippen LogP contribution >= 0.6 is 0 Å². The minimum atomic E-state index is -0.725. The van der Waals surface area contributed by atoms with Crippen molar-refractivity contribution >= 4 is 5.69 Å². The Morgan fingerprint density at radius 3 is 2.18 bits per heavy atom. The number of anilines is 1. The third kappa shape index (κ3) is 4.12. The van der Waals surface area contributed by atoms with Crippen molar-refractivity contribution in [3.05, 3.63) is 29.8 Å². The van der Waals surface area contributed by atoms with Crippen molar-refractivity contribution in [2.24, 2.45) is 0 Å². The summed E-state index contributed by atoms with van der Waals surface area (Å²) >= 11 is 0. The maximum absolute atomic E-state index is 9.93. The van der Waals surface area contributed by atoms with E-state index in [0.29, 0.717) is 5.69 Å². The zero-order valence-electron chi connectivity index (χ0n) is 9.37. The largest absolute Gasteiger partial charge is 0.399 e. The lowest BCUT2D eigenvalue weighted by Gasteiger charge is -2.19. The molecule has 0 spiro atoms. The maximum atomic E-state index is 9.93. The van der Waals surface area contributed by atoms with Gasteiger partial charge in [0.2, 0.25) is 0 Å². The van der Waals surface area contributed by atoms with Crippen LogP contribution in [0.25, 0.3) is 0 Å². The number of nitrogens with two attached hydrogens (primary N) is 1. The molecule has 0 saturated carbocycles. The summed E-state index contributed by atoms with van der Waals surface area (Å²) in [7, 11) is 0. The smallest absolute Gasteiger partial charge is 0.0917 e. The van der Waals surface area contributed by atoms with Gasteiger partial charge in [0.1, 0.15) is 0 Å².